The summed E-state index contributed by atoms with van der Waals surface area (Å²) in [5.74, 6) is 0.184. The largest absolute Gasteiger partial charge is 0.484 e. The molecule has 0 aliphatic heterocycles. The van der Waals surface area contributed by atoms with E-state index in [0.717, 1.165) is 22.2 Å². The molecular formula is C28H24ClN3O3. The van der Waals surface area contributed by atoms with Gasteiger partial charge in [-0.2, -0.15) is 0 Å². The third kappa shape index (κ3) is 6.91. The van der Waals surface area contributed by atoms with Crippen molar-refractivity contribution < 1.29 is 14.3 Å². The van der Waals surface area contributed by atoms with Gasteiger partial charge in [0.25, 0.3) is 5.91 Å². The molecule has 1 heterocycles. The van der Waals surface area contributed by atoms with E-state index >= 15 is 0 Å². The van der Waals surface area contributed by atoms with Crippen molar-refractivity contribution in [3.63, 3.8) is 0 Å². The number of nitrogens with one attached hydrogen (secondary N) is 2. The van der Waals surface area contributed by atoms with E-state index in [9.17, 15) is 9.59 Å². The van der Waals surface area contributed by atoms with Crippen molar-refractivity contribution in [1.82, 2.24) is 10.3 Å². The number of amides is 1. The van der Waals surface area contributed by atoms with Crippen LogP contribution in [0.4, 0.5) is 5.69 Å². The lowest BCUT2D eigenvalue weighted by Crippen LogP contribution is -2.32. The van der Waals surface area contributed by atoms with Crippen LogP contribution in [-0.2, 0) is 4.79 Å². The summed E-state index contributed by atoms with van der Waals surface area (Å²) >= 11 is 6.02. The monoisotopic (exact) mass is 485 g/mol. The van der Waals surface area contributed by atoms with Gasteiger partial charge in [-0.1, -0.05) is 48.0 Å². The lowest BCUT2D eigenvalue weighted by atomic mass is 10.1. The van der Waals surface area contributed by atoms with E-state index in [1.807, 2.05) is 54.6 Å². The van der Waals surface area contributed by atoms with E-state index in [2.05, 4.69) is 15.6 Å². The molecule has 4 aromatic rings. The first-order chi connectivity index (χ1) is 17.1. The van der Waals surface area contributed by atoms with Crippen LogP contribution in [0, 0.1) is 0 Å². The highest BCUT2D eigenvalue weighted by atomic mass is 35.5. The lowest BCUT2D eigenvalue weighted by molar-refractivity contribution is -0.123. The van der Waals surface area contributed by atoms with Gasteiger partial charge in [0.2, 0.25) is 0 Å². The summed E-state index contributed by atoms with van der Waals surface area (Å²) in [5.41, 5.74) is 3.23. The molecule has 1 aromatic heterocycles. The number of carbonyl (C=O) groups is 2. The number of benzene rings is 3. The molecule has 0 spiro atoms. The highest BCUT2D eigenvalue weighted by Crippen LogP contribution is 2.24. The Morgan fingerprint density at radius 2 is 1.74 bits per heavy atom. The second-order valence-electron chi connectivity index (χ2n) is 7.72. The molecule has 0 saturated heterocycles. The van der Waals surface area contributed by atoms with Crippen LogP contribution in [0.3, 0.4) is 0 Å². The van der Waals surface area contributed by atoms with Crippen molar-refractivity contribution in [3.8, 4) is 5.75 Å². The van der Waals surface area contributed by atoms with Gasteiger partial charge in [-0.25, -0.2) is 0 Å². The zero-order chi connectivity index (χ0) is 24.5. The Kier molecular flexibility index (Phi) is 8.09. The third-order valence-corrected chi connectivity index (χ3v) is 5.44. The first-order valence-electron chi connectivity index (χ1n) is 11.1. The zero-order valence-electron chi connectivity index (χ0n) is 18.9. The standard InChI is InChI=1S/C28H24ClN3O3/c29-22-9-12-24-25(14-15-30-26(24)18-22)31-16-17-32-28(34)19-35-23-10-7-21(8-11-23)27(33)13-6-20-4-2-1-3-5-20/h1-15,18H,16-17,19H2,(H,30,31)(H,32,34)/b13-6+. The molecule has 6 nitrogen and oxygen atoms in total. The van der Waals surface area contributed by atoms with Crippen LogP contribution in [0.5, 0.6) is 5.75 Å². The molecule has 0 atom stereocenters. The van der Waals surface area contributed by atoms with Gasteiger partial charge >= 0.3 is 0 Å². The second kappa shape index (κ2) is 11.8. The number of fused-ring (bicyclic) bond motifs is 1. The van der Waals surface area contributed by atoms with Crippen LogP contribution in [0.1, 0.15) is 15.9 Å². The van der Waals surface area contributed by atoms with Gasteiger partial charge in [-0.15, -0.1) is 0 Å². The molecule has 4 rings (SSSR count). The lowest BCUT2D eigenvalue weighted by Gasteiger charge is -2.11. The van der Waals surface area contributed by atoms with Crippen molar-refractivity contribution in [1.29, 1.82) is 0 Å². The summed E-state index contributed by atoms with van der Waals surface area (Å²) in [5, 5.41) is 7.71. The molecule has 0 aliphatic carbocycles. The van der Waals surface area contributed by atoms with Gasteiger partial charge in [0, 0.05) is 40.9 Å². The first-order valence-corrected chi connectivity index (χ1v) is 11.5. The molecule has 0 unspecified atom stereocenters. The van der Waals surface area contributed by atoms with Gasteiger partial charge in [-0.3, -0.25) is 14.6 Å². The fraction of sp³-hybridized carbons (Fsp3) is 0.107. The summed E-state index contributed by atoms with van der Waals surface area (Å²) in [6.45, 7) is 0.861. The third-order valence-electron chi connectivity index (χ3n) is 5.20. The average molecular weight is 486 g/mol. The minimum Gasteiger partial charge on any atom is -0.484 e. The Hall–Kier alpha value is -4.16. The molecular weight excluding hydrogens is 462 g/mol. The molecule has 0 aliphatic rings. The summed E-state index contributed by atoms with van der Waals surface area (Å²) in [4.78, 5) is 28.8. The molecule has 176 valence electrons. The fourth-order valence-electron chi connectivity index (χ4n) is 3.42. The maximum absolute atomic E-state index is 12.3. The SMILES string of the molecule is O=C(COc1ccc(C(=O)/C=C/c2ccccc2)cc1)NCCNc1ccnc2cc(Cl)ccc12. The number of hydrogen-bond acceptors (Lipinski definition) is 5. The highest BCUT2D eigenvalue weighted by molar-refractivity contribution is 6.31. The van der Waals surface area contributed by atoms with Gasteiger partial charge in [0.1, 0.15) is 5.75 Å². The van der Waals surface area contributed by atoms with Crippen LogP contribution in [-0.4, -0.2) is 36.4 Å². The molecule has 2 N–H and O–H groups in total. The van der Waals surface area contributed by atoms with E-state index < -0.39 is 0 Å². The number of aromatic nitrogens is 1. The van der Waals surface area contributed by atoms with Crippen molar-refractivity contribution >= 4 is 46.0 Å². The highest BCUT2D eigenvalue weighted by Gasteiger charge is 2.06. The van der Waals surface area contributed by atoms with Crippen molar-refractivity contribution in [2.24, 2.45) is 0 Å². The Balaban J connectivity index is 1.19. The Morgan fingerprint density at radius 1 is 0.943 bits per heavy atom. The van der Waals surface area contributed by atoms with E-state index in [0.29, 0.717) is 29.4 Å². The van der Waals surface area contributed by atoms with Crippen LogP contribution >= 0.6 is 11.6 Å². The number of carbonyl (C=O) groups excluding carboxylic acids is 2. The fourth-order valence-corrected chi connectivity index (χ4v) is 3.59. The smallest absolute Gasteiger partial charge is 0.258 e. The van der Waals surface area contributed by atoms with Gasteiger partial charge in [0.05, 0.1) is 5.52 Å². The molecule has 0 bridgehead atoms. The molecule has 0 radical (unpaired) electrons. The van der Waals surface area contributed by atoms with Gasteiger partial charge < -0.3 is 15.4 Å². The predicted octanol–water partition coefficient (Wildman–Crippen LogP) is 5.39. The predicted molar refractivity (Wildman–Crippen MR) is 140 cm³/mol. The van der Waals surface area contributed by atoms with Crippen LogP contribution in [0.15, 0.2) is 91.1 Å². The Morgan fingerprint density at radius 3 is 2.54 bits per heavy atom. The maximum Gasteiger partial charge on any atom is 0.258 e. The number of ether oxygens (including phenoxy) is 1. The number of allylic oxidation sites excluding steroid dienone is 1. The summed E-state index contributed by atoms with van der Waals surface area (Å²) in [7, 11) is 0. The summed E-state index contributed by atoms with van der Waals surface area (Å²) in [6.07, 6.45) is 5.03. The number of halogens is 1. The molecule has 7 heteroatoms. The van der Waals surface area contributed by atoms with Gasteiger partial charge in [-0.05, 0) is 60.2 Å². The molecule has 35 heavy (non-hydrogen) atoms. The van der Waals surface area contributed by atoms with Crippen LogP contribution in [0.25, 0.3) is 17.0 Å². The molecule has 1 amide bonds. The number of pyridine rings is 1. The number of nitrogens with zero attached hydrogens (tertiary/aromatic N) is 1. The van der Waals surface area contributed by atoms with Crippen molar-refractivity contribution in [2.75, 3.05) is 25.0 Å². The van der Waals surface area contributed by atoms with E-state index in [4.69, 9.17) is 16.3 Å². The normalized spacial score (nSPS) is 10.9. The number of anilines is 1. The molecule has 0 fully saturated rings. The maximum atomic E-state index is 12.3. The average Bonchev–Trinajstić information content (AvgIpc) is 2.89. The van der Waals surface area contributed by atoms with E-state index in [1.54, 1.807) is 36.5 Å². The number of ketones is 1. The van der Waals surface area contributed by atoms with Gasteiger partial charge in [0.15, 0.2) is 12.4 Å². The molecule has 0 saturated carbocycles. The Labute approximate surface area is 208 Å². The summed E-state index contributed by atoms with van der Waals surface area (Å²) < 4.78 is 5.53. The molecule has 3 aromatic carbocycles. The summed E-state index contributed by atoms with van der Waals surface area (Å²) in [6, 6.07) is 23.8. The minimum absolute atomic E-state index is 0.101. The Bertz CT molecular complexity index is 1340. The van der Waals surface area contributed by atoms with Crippen molar-refractivity contribution in [2.45, 2.75) is 0 Å². The van der Waals surface area contributed by atoms with Crippen LogP contribution < -0.4 is 15.4 Å². The van der Waals surface area contributed by atoms with Crippen LogP contribution in [0.2, 0.25) is 5.02 Å². The topological polar surface area (TPSA) is 80.3 Å². The first kappa shape index (κ1) is 24.0. The quantitative estimate of drug-likeness (QED) is 0.179. The van der Waals surface area contributed by atoms with E-state index in [1.165, 1.54) is 6.08 Å². The number of rotatable bonds is 10. The number of hydrogen-bond donors (Lipinski definition) is 2. The van der Waals surface area contributed by atoms with Crippen molar-refractivity contribution in [3.05, 3.63) is 107 Å². The van der Waals surface area contributed by atoms with E-state index in [-0.39, 0.29) is 18.3 Å². The minimum atomic E-state index is -0.232. The zero-order valence-corrected chi connectivity index (χ0v) is 19.7. The second-order valence-corrected chi connectivity index (χ2v) is 8.15.